The smallest absolute Gasteiger partial charge is 0.258 e. The van der Waals surface area contributed by atoms with Gasteiger partial charge in [0.15, 0.2) is 0 Å². The van der Waals surface area contributed by atoms with Crippen LogP contribution in [0, 0.1) is 17.7 Å². The van der Waals surface area contributed by atoms with Crippen molar-refractivity contribution in [2.75, 3.05) is 32.7 Å². The van der Waals surface area contributed by atoms with E-state index < -0.39 is 5.82 Å². The number of benzene rings is 2. The van der Waals surface area contributed by atoms with Crippen molar-refractivity contribution in [2.45, 2.75) is 25.3 Å². The van der Waals surface area contributed by atoms with Gasteiger partial charge in [-0.25, -0.2) is 4.39 Å². The van der Waals surface area contributed by atoms with Gasteiger partial charge in [-0.2, -0.15) is 0 Å². The molecule has 3 atom stereocenters. The van der Waals surface area contributed by atoms with Gasteiger partial charge < -0.3 is 15.1 Å². The number of hydrogen-bond donors (Lipinski definition) is 1. The van der Waals surface area contributed by atoms with E-state index in [0.29, 0.717) is 31.3 Å². The predicted octanol–water partition coefficient (Wildman–Crippen LogP) is 5.42. The highest BCUT2D eigenvalue weighted by molar-refractivity contribution is 7.09. The lowest BCUT2D eigenvalue weighted by molar-refractivity contribution is -0.121. The topological polar surface area (TPSA) is 52.7 Å². The van der Waals surface area contributed by atoms with Gasteiger partial charge in [0.2, 0.25) is 5.91 Å². The molecule has 1 aromatic heterocycles. The molecule has 2 unspecified atom stereocenters. The molecule has 2 fully saturated rings. The Labute approximate surface area is 226 Å². The fourth-order valence-electron chi connectivity index (χ4n) is 5.58. The minimum absolute atomic E-state index is 0.0264. The van der Waals surface area contributed by atoms with Gasteiger partial charge in [0.05, 0.1) is 16.6 Å². The second kappa shape index (κ2) is 11.8. The molecule has 5 rings (SSSR count). The highest BCUT2D eigenvalue weighted by Gasteiger charge is 2.42. The highest BCUT2D eigenvalue weighted by Crippen LogP contribution is 2.33. The first-order chi connectivity index (χ1) is 18.0. The van der Waals surface area contributed by atoms with Crippen molar-refractivity contribution in [3.8, 4) is 0 Å². The van der Waals surface area contributed by atoms with Crippen LogP contribution in [0.15, 0.2) is 66.0 Å². The van der Waals surface area contributed by atoms with Crippen molar-refractivity contribution in [3.05, 3.63) is 92.9 Å². The lowest BCUT2D eigenvalue weighted by Gasteiger charge is -2.25. The number of amides is 2. The zero-order valence-corrected chi connectivity index (χ0v) is 22.2. The molecule has 194 valence electrons. The van der Waals surface area contributed by atoms with Gasteiger partial charge in [0.1, 0.15) is 5.82 Å². The minimum atomic E-state index is -0.569. The van der Waals surface area contributed by atoms with Crippen molar-refractivity contribution < 1.29 is 14.0 Å². The largest absolute Gasteiger partial charge is 0.349 e. The molecule has 0 bridgehead atoms. The Balaban J connectivity index is 1.14. The molecule has 2 saturated heterocycles. The van der Waals surface area contributed by atoms with Crippen molar-refractivity contribution in [1.82, 2.24) is 15.1 Å². The summed E-state index contributed by atoms with van der Waals surface area (Å²) in [6.45, 7) is 3.89. The van der Waals surface area contributed by atoms with Crippen LogP contribution in [0.25, 0.3) is 0 Å². The maximum Gasteiger partial charge on any atom is 0.258 e. The van der Waals surface area contributed by atoms with E-state index in [0.717, 1.165) is 38.0 Å². The van der Waals surface area contributed by atoms with E-state index in [1.807, 2.05) is 29.6 Å². The molecule has 8 heteroatoms. The molecule has 1 N–H and O–H groups in total. The summed E-state index contributed by atoms with van der Waals surface area (Å²) in [7, 11) is 0. The maximum absolute atomic E-state index is 14.3. The third kappa shape index (κ3) is 6.22. The van der Waals surface area contributed by atoms with E-state index >= 15 is 0 Å². The number of carbonyl (C=O) groups is 2. The summed E-state index contributed by atoms with van der Waals surface area (Å²) >= 11 is 7.81. The summed E-state index contributed by atoms with van der Waals surface area (Å²) in [6, 6.07) is 18.5. The third-order valence-corrected chi connectivity index (χ3v) is 8.73. The molecule has 2 aliphatic heterocycles. The quantitative estimate of drug-likeness (QED) is 0.395. The molecule has 0 spiro atoms. The number of nitrogens with one attached hydrogen (secondary N) is 1. The van der Waals surface area contributed by atoms with Gasteiger partial charge >= 0.3 is 0 Å². The second-order valence-electron chi connectivity index (χ2n) is 9.99. The van der Waals surface area contributed by atoms with Gasteiger partial charge in [0, 0.05) is 44.0 Å². The number of halogens is 2. The van der Waals surface area contributed by atoms with E-state index in [1.165, 1.54) is 17.0 Å². The summed E-state index contributed by atoms with van der Waals surface area (Å²) in [4.78, 5) is 31.1. The van der Waals surface area contributed by atoms with Crippen LogP contribution in [0.1, 0.15) is 39.7 Å². The number of rotatable bonds is 9. The lowest BCUT2D eigenvalue weighted by atomic mass is 10.0. The molecule has 5 nitrogen and oxygen atoms in total. The highest BCUT2D eigenvalue weighted by atomic mass is 35.5. The van der Waals surface area contributed by atoms with Crippen LogP contribution >= 0.6 is 22.9 Å². The number of likely N-dealkylation sites (tertiary alicyclic amines) is 2. The van der Waals surface area contributed by atoms with Gasteiger partial charge in [-0.3, -0.25) is 9.59 Å². The third-order valence-electron chi connectivity index (χ3n) is 7.48. The summed E-state index contributed by atoms with van der Waals surface area (Å²) in [5.41, 5.74) is 1.09. The van der Waals surface area contributed by atoms with Gasteiger partial charge in [-0.15, -0.1) is 11.3 Å². The van der Waals surface area contributed by atoms with Crippen LogP contribution in [0.3, 0.4) is 0 Å². The number of fused-ring (bicyclic) bond motifs is 1. The fourth-order valence-corrected chi connectivity index (χ4v) is 6.53. The molecule has 0 radical (unpaired) electrons. The van der Waals surface area contributed by atoms with Crippen molar-refractivity contribution in [3.63, 3.8) is 0 Å². The average Bonchev–Trinajstić information content (AvgIpc) is 3.63. The van der Waals surface area contributed by atoms with Crippen LogP contribution < -0.4 is 5.32 Å². The second-order valence-corrected chi connectivity index (χ2v) is 11.4. The molecule has 3 aromatic rings. The Hall–Kier alpha value is -2.74. The van der Waals surface area contributed by atoms with Crippen LogP contribution in [0.4, 0.5) is 4.39 Å². The van der Waals surface area contributed by atoms with Crippen LogP contribution in [0.5, 0.6) is 0 Å². The molecular weight excluding hydrogens is 509 g/mol. The molecule has 3 heterocycles. The van der Waals surface area contributed by atoms with Crippen LogP contribution in [-0.4, -0.2) is 54.3 Å². The summed E-state index contributed by atoms with van der Waals surface area (Å²) in [5, 5.41) is 5.46. The van der Waals surface area contributed by atoms with Crippen molar-refractivity contribution in [2.24, 2.45) is 11.8 Å². The lowest BCUT2D eigenvalue weighted by Crippen LogP contribution is -2.35. The Bertz CT molecular complexity index is 1190. The number of thiophene rings is 1. The minimum Gasteiger partial charge on any atom is -0.349 e. The molecule has 37 heavy (non-hydrogen) atoms. The van der Waals surface area contributed by atoms with Gasteiger partial charge in [-0.1, -0.05) is 54.1 Å². The predicted molar refractivity (Wildman–Crippen MR) is 145 cm³/mol. The zero-order chi connectivity index (χ0) is 25.8. The van der Waals surface area contributed by atoms with Gasteiger partial charge in [0.25, 0.3) is 5.91 Å². The Kier molecular flexibility index (Phi) is 8.23. The van der Waals surface area contributed by atoms with E-state index in [4.69, 9.17) is 11.6 Å². The van der Waals surface area contributed by atoms with Crippen molar-refractivity contribution >= 4 is 34.8 Å². The Morgan fingerprint density at radius 1 is 1.00 bits per heavy atom. The molecule has 2 aliphatic rings. The monoisotopic (exact) mass is 539 g/mol. The number of carbonyl (C=O) groups excluding carboxylic acids is 2. The van der Waals surface area contributed by atoms with Crippen LogP contribution in [-0.2, 0) is 11.2 Å². The SMILES string of the molecule is O=C(CCc1cccs1)N[C@@H](CCN1CC2CN(C(=O)c3c(F)cccc3Cl)CC2C1)c1ccccc1. The average molecular weight is 540 g/mol. The van der Waals surface area contributed by atoms with E-state index in [2.05, 4.69) is 28.4 Å². The van der Waals surface area contributed by atoms with Crippen LogP contribution in [0.2, 0.25) is 5.02 Å². The first-order valence-corrected chi connectivity index (χ1v) is 14.1. The maximum atomic E-state index is 14.3. The fraction of sp³-hybridized carbons (Fsp3) is 0.379. The molecule has 2 aromatic carbocycles. The summed E-state index contributed by atoms with van der Waals surface area (Å²) in [5.74, 6) is -0.0874. The Morgan fingerprint density at radius 2 is 1.76 bits per heavy atom. The first kappa shape index (κ1) is 25.9. The molecule has 0 saturated carbocycles. The van der Waals surface area contributed by atoms with E-state index in [9.17, 15) is 14.0 Å². The zero-order valence-electron chi connectivity index (χ0n) is 20.6. The van der Waals surface area contributed by atoms with E-state index in [-0.39, 0.29) is 28.4 Å². The summed E-state index contributed by atoms with van der Waals surface area (Å²) in [6.07, 6.45) is 2.06. The number of aryl methyl sites for hydroxylation is 1. The Morgan fingerprint density at radius 3 is 2.43 bits per heavy atom. The standard InChI is InChI=1S/C29H31ClFN3O2S/c30-24-9-4-10-25(31)28(24)29(36)34-18-21-16-33(17-22(21)19-34)14-13-26(20-6-2-1-3-7-20)32-27(35)12-11-23-8-5-15-37-23/h1-10,15,21-22,26H,11-14,16-19H2,(H,32,35)/t21?,22?,26-/m0/s1. The number of nitrogens with zero attached hydrogens (tertiary/aromatic N) is 2. The molecular formula is C29H31ClFN3O2S. The normalized spacial score (nSPS) is 20.1. The first-order valence-electron chi connectivity index (χ1n) is 12.8. The molecule has 2 amide bonds. The van der Waals surface area contributed by atoms with Crippen molar-refractivity contribution in [1.29, 1.82) is 0 Å². The summed E-state index contributed by atoms with van der Waals surface area (Å²) < 4.78 is 14.3. The van der Waals surface area contributed by atoms with Gasteiger partial charge in [-0.05, 0) is 53.8 Å². The number of hydrogen-bond acceptors (Lipinski definition) is 4. The van der Waals surface area contributed by atoms with E-state index in [1.54, 1.807) is 22.3 Å². The molecule has 0 aliphatic carbocycles.